The molecule has 1 rings (SSSR count). The molecule has 0 bridgehead atoms. The molecule has 0 atom stereocenters. The van der Waals surface area contributed by atoms with E-state index in [2.05, 4.69) is 21.0 Å². The zero-order valence-corrected chi connectivity index (χ0v) is 7.88. The number of ether oxygens (including phenoxy) is 1. The molecule has 12 heavy (non-hydrogen) atoms. The fraction of sp³-hybridized carbons (Fsp3) is 0.500. The Hall–Kier alpha value is -0.650. The van der Waals surface area contributed by atoms with Crippen LogP contribution in [0.3, 0.4) is 0 Å². The van der Waals surface area contributed by atoms with Crippen LogP contribution < -0.4 is 4.74 Å². The first kappa shape index (κ1) is 9.44. The molecular formula is C6H7BrF2N2O. The van der Waals surface area contributed by atoms with E-state index in [0.29, 0.717) is 10.4 Å². The average molecular weight is 241 g/mol. The summed E-state index contributed by atoms with van der Waals surface area (Å²) in [5, 5.41) is 3.69. The number of alkyl halides is 2. The van der Waals surface area contributed by atoms with Crippen molar-refractivity contribution in [3.8, 4) is 5.75 Å². The molecule has 0 saturated carbocycles. The van der Waals surface area contributed by atoms with Gasteiger partial charge >= 0.3 is 0 Å². The zero-order chi connectivity index (χ0) is 9.14. The second-order valence-corrected chi connectivity index (χ2v) is 2.83. The standard InChI is InChI=1S/C6H7BrF2N2O/c1-12-4-2-10-11(6(4)7)3-5(8)9/h2,5H,3H2,1H3. The summed E-state index contributed by atoms with van der Waals surface area (Å²) in [5.74, 6) is 0.454. The molecule has 0 saturated heterocycles. The van der Waals surface area contributed by atoms with Gasteiger partial charge in [0.25, 0.3) is 6.43 Å². The molecule has 1 aromatic rings. The summed E-state index contributed by atoms with van der Waals surface area (Å²) in [6, 6.07) is 0. The third-order valence-corrected chi connectivity index (χ3v) is 2.08. The number of aromatic nitrogens is 2. The summed E-state index contributed by atoms with van der Waals surface area (Å²) >= 11 is 3.08. The van der Waals surface area contributed by atoms with Crippen LogP contribution >= 0.6 is 15.9 Å². The van der Waals surface area contributed by atoms with Crippen LogP contribution in [-0.4, -0.2) is 23.3 Å². The van der Waals surface area contributed by atoms with Crippen molar-refractivity contribution in [2.24, 2.45) is 0 Å². The molecule has 0 aliphatic rings. The molecule has 0 N–H and O–H groups in total. The molecule has 0 amide bonds. The Morgan fingerprint density at radius 1 is 1.75 bits per heavy atom. The highest BCUT2D eigenvalue weighted by molar-refractivity contribution is 9.10. The van der Waals surface area contributed by atoms with Gasteiger partial charge in [0.05, 0.1) is 13.3 Å². The van der Waals surface area contributed by atoms with Crippen molar-refractivity contribution in [2.75, 3.05) is 7.11 Å². The van der Waals surface area contributed by atoms with Crippen molar-refractivity contribution in [3.63, 3.8) is 0 Å². The Kier molecular flexibility index (Phi) is 3.02. The Morgan fingerprint density at radius 3 is 2.83 bits per heavy atom. The Morgan fingerprint density at radius 2 is 2.42 bits per heavy atom. The van der Waals surface area contributed by atoms with E-state index in [1.807, 2.05) is 0 Å². The highest BCUT2D eigenvalue weighted by atomic mass is 79.9. The quantitative estimate of drug-likeness (QED) is 0.808. The highest BCUT2D eigenvalue weighted by Crippen LogP contribution is 2.23. The van der Waals surface area contributed by atoms with Crippen LogP contribution in [-0.2, 0) is 6.54 Å². The van der Waals surface area contributed by atoms with Crippen molar-refractivity contribution >= 4 is 15.9 Å². The first-order valence-electron chi connectivity index (χ1n) is 3.18. The van der Waals surface area contributed by atoms with Crippen molar-refractivity contribution < 1.29 is 13.5 Å². The topological polar surface area (TPSA) is 27.1 Å². The van der Waals surface area contributed by atoms with Gasteiger partial charge in [-0.2, -0.15) is 5.10 Å². The molecular weight excluding hydrogens is 234 g/mol. The first-order chi connectivity index (χ1) is 5.65. The molecule has 3 nitrogen and oxygen atoms in total. The number of rotatable bonds is 3. The van der Waals surface area contributed by atoms with Gasteiger partial charge in [0.15, 0.2) is 5.75 Å². The Labute approximate surface area is 76.4 Å². The minimum absolute atomic E-state index is 0.427. The van der Waals surface area contributed by atoms with Crippen LogP contribution in [0.25, 0.3) is 0 Å². The summed E-state index contributed by atoms with van der Waals surface area (Å²) in [7, 11) is 1.45. The largest absolute Gasteiger partial charge is 0.492 e. The molecule has 68 valence electrons. The van der Waals surface area contributed by atoms with E-state index < -0.39 is 13.0 Å². The van der Waals surface area contributed by atoms with Gasteiger partial charge in [0.2, 0.25) is 0 Å². The van der Waals surface area contributed by atoms with Crippen LogP contribution in [0, 0.1) is 0 Å². The molecule has 0 radical (unpaired) electrons. The van der Waals surface area contributed by atoms with Crippen LogP contribution in [0.2, 0.25) is 0 Å². The van der Waals surface area contributed by atoms with Crippen molar-refractivity contribution in [3.05, 3.63) is 10.8 Å². The minimum Gasteiger partial charge on any atom is -0.492 e. The van der Waals surface area contributed by atoms with Crippen molar-refractivity contribution in [2.45, 2.75) is 13.0 Å². The van der Waals surface area contributed by atoms with E-state index in [-0.39, 0.29) is 0 Å². The maximum absolute atomic E-state index is 11.9. The van der Waals surface area contributed by atoms with Crippen LogP contribution in [0.1, 0.15) is 0 Å². The molecule has 1 heterocycles. The van der Waals surface area contributed by atoms with Crippen LogP contribution in [0.15, 0.2) is 10.8 Å². The lowest BCUT2D eigenvalue weighted by atomic mass is 10.6. The van der Waals surface area contributed by atoms with Gasteiger partial charge in [-0.25, -0.2) is 13.5 Å². The molecule has 0 aliphatic carbocycles. The van der Waals surface area contributed by atoms with E-state index >= 15 is 0 Å². The summed E-state index contributed by atoms with van der Waals surface area (Å²) in [6.07, 6.45) is -1.03. The van der Waals surface area contributed by atoms with Gasteiger partial charge in [-0.15, -0.1) is 0 Å². The zero-order valence-electron chi connectivity index (χ0n) is 6.30. The van der Waals surface area contributed by atoms with Gasteiger partial charge in [0.1, 0.15) is 11.1 Å². The lowest BCUT2D eigenvalue weighted by molar-refractivity contribution is 0.121. The van der Waals surface area contributed by atoms with E-state index in [9.17, 15) is 8.78 Å². The lowest BCUT2D eigenvalue weighted by Crippen LogP contribution is -2.07. The third-order valence-electron chi connectivity index (χ3n) is 1.28. The van der Waals surface area contributed by atoms with E-state index in [1.54, 1.807) is 0 Å². The number of hydrogen-bond donors (Lipinski definition) is 0. The molecule has 0 unspecified atom stereocenters. The van der Waals surface area contributed by atoms with Crippen LogP contribution in [0.4, 0.5) is 8.78 Å². The van der Waals surface area contributed by atoms with E-state index in [1.165, 1.54) is 13.3 Å². The van der Waals surface area contributed by atoms with Gasteiger partial charge in [-0.05, 0) is 15.9 Å². The summed E-state index contributed by atoms with van der Waals surface area (Å²) < 4.78 is 30.2. The van der Waals surface area contributed by atoms with Crippen molar-refractivity contribution in [1.82, 2.24) is 9.78 Å². The van der Waals surface area contributed by atoms with E-state index in [4.69, 9.17) is 4.74 Å². The first-order valence-corrected chi connectivity index (χ1v) is 3.98. The van der Waals surface area contributed by atoms with Gasteiger partial charge < -0.3 is 4.74 Å². The predicted octanol–water partition coefficient (Wildman–Crippen LogP) is 1.92. The molecule has 0 aliphatic heterocycles. The molecule has 0 spiro atoms. The molecule has 1 aromatic heterocycles. The SMILES string of the molecule is COc1cnn(CC(F)F)c1Br. The second-order valence-electron chi connectivity index (χ2n) is 2.08. The molecule has 0 aromatic carbocycles. The Bertz CT molecular complexity index is 264. The number of nitrogens with zero attached hydrogens (tertiary/aromatic N) is 2. The summed E-state index contributed by atoms with van der Waals surface area (Å²) in [4.78, 5) is 0. The maximum atomic E-state index is 11.9. The summed E-state index contributed by atoms with van der Waals surface area (Å²) in [5.41, 5.74) is 0. The fourth-order valence-electron chi connectivity index (χ4n) is 0.748. The monoisotopic (exact) mass is 240 g/mol. The third kappa shape index (κ3) is 1.94. The lowest BCUT2D eigenvalue weighted by Gasteiger charge is -2.01. The van der Waals surface area contributed by atoms with Crippen molar-refractivity contribution in [1.29, 1.82) is 0 Å². The number of halogens is 3. The highest BCUT2D eigenvalue weighted by Gasteiger charge is 2.11. The minimum atomic E-state index is -2.41. The fourth-order valence-corrected chi connectivity index (χ4v) is 1.25. The Balaban J connectivity index is 2.80. The smallest absolute Gasteiger partial charge is 0.257 e. The second kappa shape index (κ2) is 3.84. The van der Waals surface area contributed by atoms with Crippen LogP contribution in [0.5, 0.6) is 5.75 Å². The maximum Gasteiger partial charge on any atom is 0.257 e. The number of methoxy groups -OCH3 is 1. The molecule has 0 fully saturated rings. The van der Waals surface area contributed by atoms with E-state index in [0.717, 1.165) is 4.68 Å². The summed E-state index contributed by atoms with van der Waals surface area (Å²) in [6.45, 7) is -0.427. The van der Waals surface area contributed by atoms with Gasteiger partial charge in [-0.3, -0.25) is 0 Å². The normalized spacial score (nSPS) is 10.8. The predicted molar refractivity (Wildman–Crippen MR) is 42.5 cm³/mol. The van der Waals surface area contributed by atoms with Gasteiger partial charge in [-0.1, -0.05) is 0 Å². The average Bonchev–Trinajstić information content (AvgIpc) is 2.32. The number of hydrogen-bond acceptors (Lipinski definition) is 2. The van der Waals surface area contributed by atoms with Gasteiger partial charge in [0, 0.05) is 0 Å². The molecule has 6 heteroatoms.